The lowest BCUT2D eigenvalue weighted by Gasteiger charge is -2.28. The van der Waals surface area contributed by atoms with Crippen LogP contribution in [-0.4, -0.2) is 37.3 Å². The summed E-state index contributed by atoms with van der Waals surface area (Å²) in [5.74, 6) is 1.40. The van der Waals surface area contributed by atoms with Crippen molar-refractivity contribution in [3.05, 3.63) is 65.7 Å². The van der Waals surface area contributed by atoms with Crippen molar-refractivity contribution in [2.75, 3.05) is 11.9 Å². The van der Waals surface area contributed by atoms with Crippen LogP contribution in [0, 0.1) is 0 Å². The summed E-state index contributed by atoms with van der Waals surface area (Å²) < 4.78 is 0. The van der Waals surface area contributed by atoms with Crippen LogP contribution in [0.1, 0.15) is 23.9 Å². The maximum Gasteiger partial charge on any atom is 0.219 e. The van der Waals surface area contributed by atoms with Gasteiger partial charge in [0.2, 0.25) is 5.91 Å². The molecule has 0 unspecified atom stereocenters. The highest BCUT2D eigenvalue weighted by molar-refractivity contribution is 5.74. The molecule has 0 radical (unpaired) electrons. The second-order valence-electron chi connectivity index (χ2n) is 6.40. The number of nitrogens with zero attached hydrogens (tertiary/aromatic N) is 5. The molecule has 7 nitrogen and oxygen atoms in total. The largest absolute Gasteiger partial charge is 0.364 e. The van der Waals surface area contributed by atoms with E-state index < -0.39 is 0 Å². The molecule has 0 fully saturated rings. The van der Waals surface area contributed by atoms with Gasteiger partial charge in [-0.1, -0.05) is 12.1 Å². The van der Waals surface area contributed by atoms with E-state index in [9.17, 15) is 4.79 Å². The molecule has 3 aromatic heterocycles. The molecule has 0 aliphatic carbocycles. The summed E-state index contributed by atoms with van der Waals surface area (Å²) >= 11 is 0. The molecule has 0 atom stereocenters. The van der Waals surface area contributed by atoms with Gasteiger partial charge in [-0.2, -0.15) is 0 Å². The number of hydrogen-bond acceptors (Lipinski definition) is 6. The van der Waals surface area contributed by atoms with E-state index in [2.05, 4.69) is 15.3 Å². The van der Waals surface area contributed by atoms with Gasteiger partial charge in [-0.25, -0.2) is 9.97 Å². The Morgan fingerprint density at radius 2 is 1.93 bits per heavy atom. The summed E-state index contributed by atoms with van der Waals surface area (Å²) in [6.45, 7) is 3.33. The van der Waals surface area contributed by atoms with Gasteiger partial charge in [0.1, 0.15) is 11.5 Å². The number of amides is 1. The second-order valence-corrected chi connectivity index (χ2v) is 6.40. The number of rotatable bonds is 4. The number of carbonyl (C=O) groups is 1. The zero-order valence-electron chi connectivity index (χ0n) is 15.1. The quantitative estimate of drug-likeness (QED) is 0.769. The summed E-state index contributed by atoms with van der Waals surface area (Å²) in [4.78, 5) is 31.8. The normalized spacial score (nSPS) is 13.1. The Kier molecular flexibility index (Phi) is 4.74. The van der Waals surface area contributed by atoms with Crippen molar-refractivity contribution in [2.24, 2.45) is 0 Å². The highest BCUT2D eigenvalue weighted by atomic mass is 16.2. The van der Waals surface area contributed by atoms with Crippen LogP contribution in [0.15, 0.2) is 48.8 Å². The smallest absolute Gasteiger partial charge is 0.219 e. The number of anilines is 1. The van der Waals surface area contributed by atoms with Crippen molar-refractivity contribution in [1.29, 1.82) is 0 Å². The van der Waals surface area contributed by atoms with Gasteiger partial charge in [-0.05, 0) is 30.7 Å². The van der Waals surface area contributed by atoms with Gasteiger partial charge < -0.3 is 10.2 Å². The van der Waals surface area contributed by atoms with Crippen molar-refractivity contribution in [1.82, 2.24) is 24.8 Å². The first-order chi connectivity index (χ1) is 13.2. The van der Waals surface area contributed by atoms with E-state index >= 15 is 0 Å². The number of fused-ring (bicyclic) bond motifs is 1. The summed E-state index contributed by atoms with van der Waals surface area (Å²) in [5.41, 5.74) is 3.57. The number of nitrogens with one attached hydrogen (secondary N) is 1. The molecule has 1 aliphatic rings. The fourth-order valence-electron chi connectivity index (χ4n) is 3.13. The molecule has 0 bridgehead atoms. The van der Waals surface area contributed by atoms with Crippen molar-refractivity contribution in [3.8, 4) is 11.5 Å². The molecule has 0 saturated carbocycles. The summed E-state index contributed by atoms with van der Waals surface area (Å²) in [5, 5.41) is 3.40. The molecule has 136 valence electrons. The Morgan fingerprint density at radius 1 is 1.11 bits per heavy atom. The van der Waals surface area contributed by atoms with Crippen molar-refractivity contribution >= 4 is 11.7 Å². The summed E-state index contributed by atoms with van der Waals surface area (Å²) in [6.07, 6.45) is 4.22. The molecular weight excluding hydrogens is 340 g/mol. The average Bonchev–Trinajstić information content (AvgIpc) is 2.72. The van der Waals surface area contributed by atoms with Crippen molar-refractivity contribution < 1.29 is 4.79 Å². The molecular formula is C20H20N6O. The third kappa shape index (κ3) is 3.76. The zero-order chi connectivity index (χ0) is 18.6. The first kappa shape index (κ1) is 17.1. The minimum absolute atomic E-state index is 0.0571. The van der Waals surface area contributed by atoms with Gasteiger partial charge >= 0.3 is 0 Å². The highest BCUT2D eigenvalue weighted by Gasteiger charge is 2.24. The monoisotopic (exact) mass is 360 g/mol. The van der Waals surface area contributed by atoms with E-state index in [4.69, 9.17) is 9.97 Å². The highest BCUT2D eigenvalue weighted by Crippen LogP contribution is 2.27. The Hall–Kier alpha value is -3.35. The number of hydrogen-bond donors (Lipinski definition) is 1. The number of pyridine rings is 2. The molecule has 4 rings (SSSR count). The summed E-state index contributed by atoms with van der Waals surface area (Å²) in [7, 11) is 0. The van der Waals surface area contributed by atoms with Crippen LogP contribution >= 0.6 is 0 Å². The first-order valence-electron chi connectivity index (χ1n) is 8.91. The predicted octanol–water partition coefficient (Wildman–Crippen LogP) is 2.45. The van der Waals surface area contributed by atoms with Gasteiger partial charge in [0, 0.05) is 31.4 Å². The molecule has 7 heteroatoms. The maximum atomic E-state index is 11.8. The minimum Gasteiger partial charge on any atom is -0.364 e. The van der Waals surface area contributed by atoms with Crippen LogP contribution in [0.2, 0.25) is 0 Å². The molecule has 1 N–H and O–H groups in total. The lowest BCUT2D eigenvalue weighted by molar-refractivity contribution is -0.129. The molecule has 0 spiro atoms. The third-order valence-electron chi connectivity index (χ3n) is 4.57. The third-order valence-corrected chi connectivity index (χ3v) is 4.57. The van der Waals surface area contributed by atoms with Crippen LogP contribution in [0.5, 0.6) is 0 Å². The van der Waals surface area contributed by atoms with Crippen LogP contribution in [0.25, 0.3) is 11.5 Å². The maximum absolute atomic E-state index is 11.8. The Balaban J connectivity index is 1.70. The topological polar surface area (TPSA) is 83.9 Å². The number of carbonyl (C=O) groups excluding carboxylic acids is 1. The van der Waals surface area contributed by atoms with Crippen molar-refractivity contribution in [2.45, 2.75) is 26.4 Å². The summed E-state index contributed by atoms with van der Waals surface area (Å²) in [6, 6.07) is 11.5. The molecule has 4 heterocycles. The van der Waals surface area contributed by atoms with Crippen LogP contribution in [-0.2, 0) is 24.3 Å². The molecule has 3 aromatic rings. The van der Waals surface area contributed by atoms with Gasteiger partial charge in [0.15, 0.2) is 5.82 Å². The Labute approximate surface area is 157 Å². The van der Waals surface area contributed by atoms with Crippen LogP contribution in [0.4, 0.5) is 5.82 Å². The van der Waals surface area contributed by atoms with E-state index in [0.29, 0.717) is 31.2 Å². The standard InChI is InChI=1S/C20H20N6O/c1-14(27)26-11-8-16-18(13-26)24-20(17-7-3-5-10-22-17)25-19(16)23-12-15-6-2-4-9-21-15/h2-7,9-10H,8,11-13H2,1H3,(H,23,24,25). The van der Waals surface area contributed by atoms with E-state index in [1.807, 2.05) is 36.4 Å². The van der Waals surface area contributed by atoms with Crippen LogP contribution < -0.4 is 5.32 Å². The van der Waals surface area contributed by atoms with E-state index in [1.54, 1.807) is 24.2 Å². The first-order valence-corrected chi connectivity index (χ1v) is 8.91. The molecule has 27 heavy (non-hydrogen) atoms. The number of aromatic nitrogens is 4. The fraction of sp³-hybridized carbons (Fsp3) is 0.250. The van der Waals surface area contributed by atoms with Crippen LogP contribution in [0.3, 0.4) is 0 Å². The van der Waals surface area contributed by atoms with Gasteiger partial charge in [0.05, 0.1) is 24.5 Å². The van der Waals surface area contributed by atoms with E-state index in [0.717, 1.165) is 29.2 Å². The molecule has 1 aliphatic heterocycles. The van der Waals surface area contributed by atoms with E-state index in [1.165, 1.54) is 0 Å². The lowest BCUT2D eigenvalue weighted by Crippen LogP contribution is -2.35. The Bertz CT molecular complexity index is 945. The van der Waals surface area contributed by atoms with Gasteiger partial charge in [0.25, 0.3) is 0 Å². The zero-order valence-corrected chi connectivity index (χ0v) is 15.1. The van der Waals surface area contributed by atoms with Gasteiger partial charge in [-0.15, -0.1) is 0 Å². The molecule has 0 saturated heterocycles. The lowest BCUT2D eigenvalue weighted by atomic mass is 10.0. The average molecular weight is 360 g/mol. The van der Waals surface area contributed by atoms with Crippen molar-refractivity contribution in [3.63, 3.8) is 0 Å². The van der Waals surface area contributed by atoms with Gasteiger partial charge in [-0.3, -0.25) is 14.8 Å². The molecule has 1 amide bonds. The predicted molar refractivity (Wildman–Crippen MR) is 102 cm³/mol. The van der Waals surface area contributed by atoms with E-state index in [-0.39, 0.29) is 5.91 Å². The fourth-order valence-corrected chi connectivity index (χ4v) is 3.13. The minimum atomic E-state index is 0.0571. The second kappa shape index (κ2) is 7.49. The molecule has 0 aromatic carbocycles. The Morgan fingerprint density at radius 3 is 2.63 bits per heavy atom. The SMILES string of the molecule is CC(=O)N1CCc2c(nc(-c3ccccn3)nc2NCc2ccccn2)C1.